The molecule has 0 atom stereocenters. The van der Waals surface area contributed by atoms with Crippen LogP contribution in [0.3, 0.4) is 0 Å². The molecule has 0 fully saturated rings. The van der Waals surface area contributed by atoms with Crippen molar-refractivity contribution < 1.29 is 4.74 Å². The van der Waals surface area contributed by atoms with Crippen LogP contribution in [0, 0.1) is 0 Å². The van der Waals surface area contributed by atoms with E-state index < -0.39 is 0 Å². The van der Waals surface area contributed by atoms with Crippen LogP contribution in [0.1, 0.15) is 5.56 Å². The Morgan fingerprint density at radius 3 is 2.55 bits per heavy atom. The molecule has 0 bridgehead atoms. The molecule has 2 heteroatoms. The molecule has 1 nitrogen and oxygen atoms in total. The van der Waals surface area contributed by atoms with Crippen LogP contribution in [0.15, 0.2) is 30.3 Å². The fraction of sp³-hybridized carbons (Fsp3) is 0.333. The molecular weight excluding hydrogens is 135 g/mol. The van der Waals surface area contributed by atoms with Gasteiger partial charge in [-0.25, -0.2) is 0 Å². The molecule has 0 aliphatic rings. The summed E-state index contributed by atoms with van der Waals surface area (Å²) in [6, 6.07) is 10.1. The second kappa shape index (κ2) is 4.97. The van der Waals surface area contributed by atoms with Crippen molar-refractivity contribution in [2.45, 2.75) is 12.9 Å². The van der Waals surface area contributed by atoms with Gasteiger partial charge in [0.1, 0.15) is 0 Å². The lowest BCUT2D eigenvalue weighted by molar-refractivity contribution is 0.134. The Hall–Kier alpha value is -0.755. The summed E-state index contributed by atoms with van der Waals surface area (Å²) in [4.78, 5) is 0. The summed E-state index contributed by atoms with van der Waals surface area (Å²) in [6.07, 6.45) is 0.590. The van der Waals surface area contributed by atoms with E-state index in [2.05, 4.69) is 0 Å². The third kappa shape index (κ3) is 3.24. The number of hydrogen-bond acceptors (Lipinski definition) is 1. The van der Waals surface area contributed by atoms with Gasteiger partial charge in [0.25, 0.3) is 0 Å². The molecule has 1 rings (SSSR count). The van der Waals surface area contributed by atoms with E-state index in [0.29, 0.717) is 19.5 Å². The molecule has 1 aromatic rings. The Kier molecular flexibility index (Phi) is 3.77. The predicted octanol–water partition coefficient (Wildman–Crippen LogP) is 1.79. The van der Waals surface area contributed by atoms with Gasteiger partial charge in [-0.2, -0.15) is 0 Å². The van der Waals surface area contributed by atoms with Crippen LogP contribution in [-0.4, -0.2) is 14.5 Å². The molecule has 0 heterocycles. The average Bonchev–Trinajstić information content (AvgIpc) is 2.07. The predicted molar refractivity (Wildman–Crippen MR) is 46.7 cm³/mol. The maximum atomic E-state index is 5.27. The monoisotopic (exact) mass is 146 g/mol. The van der Waals surface area contributed by atoms with Crippen LogP contribution in [-0.2, 0) is 11.3 Å². The number of ether oxygens (including phenoxy) is 1. The van der Waals surface area contributed by atoms with Gasteiger partial charge in [0.15, 0.2) is 0 Å². The molecule has 0 aliphatic carbocycles. The minimum atomic E-state index is 0.590. The molecule has 56 valence electrons. The highest BCUT2D eigenvalue weighted by Crippen LogP contribution is 1.99. The Morgan fingerprint density at radius 1 is 1.18 bits per heavy atom. The molecule has 0 N–H and O–H groups in total. The van der Waals surface area contributed by atoms with Gasteiger partial charge in [-0.1, -0.05) is 36.7 Å². The lowest BCUT2D eigenvalue weighted by Gasteiger charge is -2.00. The summed E-state index contributed by atoms with van der Waals surface area (Å²) in [7, 11) is 5.27. The smallest absolute Gasteiger partial charge is 0.0716 e. The first-order valence-corrected chi connectivity index (χ1v) is 3.75. The SMILES string of the molecule is [B]CCOCc1ccccc1. The Morgan fingerprint density at radius 2 is 1.91 bits per heavy atom. The zero-order valence-electron chi connectivity index (χ0n) is 6.49. The van der Waals surface area contributed by atoms with Gasteiger partial charge in [0, 0.05) is 6.61 Å². The highest BCUT2D eigenvalue weighted by Gasteiger charge is 1.88. The van der Waals surface area contributed by atoms with Crippen molar-refractivity contribution in [2.75, 3.05) is 6.61 Å². The summed E-state index contributed by atoms with van der Waals surface area (Å²) in [5.74, 6) is 0. The van der Waals surface area contributed by atoms with Crippen LogP contribution < -0.4 is 0 Å². The van der Waals surface area contributed by atoms with E-state index in [1.165, 1.54) is 5.56 Å². The number of hydrogen-bond donors (Lipinski definition) is 0. The minimum absolute atomic E-state index is 0.590. The number of rotatable bonds is 4. The van der Waals surface area contributed by atoms with Crippen molar-refractivity contribution in [3.63, 3.8) is 0 Å². The van der Waals surface area contributed by atoms with E-state index in [1.54, 1.807) is 0 Å². The summed E-state index contributed by atoms with van der Waals surface area (Å²) in [5.41, 5.74) is 1.20. The molecule has 0 aliphatic heterocycles. The fourth-order valence-corrected chi connectivity index (χ4v) is 0.848. The average molecular weight is 146 g/mol. The Balaban J connectivity index is 2.28. The van der Waals surface area contributed by atoms with Crippen molar-refractivity contribution in [3.05, 3.63) is 35.9 Å². The second-order valence-corrected chi connectivity index (χ2v) is 2.33. The zero-order chi connectivity index (χ0) is 7.94. The van der Waals surface area contributed by atoms with Crippen LogP contribution in [0.4, 0.5) is 0 Å². The van der Waals surface area contributed by atoms with Crippen molar-refractivity contribution in [1.29, 1.82) is 0 Å². The topological polar surface area (TPSA) is 9.23 Å². The molecule has 0 saturated carbocycles. The quantitative estimate of drug-likeness (QED) is 0.464. The zero-order valence-corrected chi connectivity index (χ0v) is 6.49. The van der Waals surface area contributed by atoms with Gasteiger partial charge in [-0.05, 0) is 5.56 Å². The third-order valence-corrected chi connectivity index (χ3v) is 1.37. The largest absolute Gasteiger partial charge is 0.378 e. The Bertz CT molecular complexity index is 186. The van der Waals surface area contributed by atoms with Crippen LogP contribution in [0.25, 0.3) is 0 Å². The van der Waals surface area contributed by atoms with Crippen molar-refractivity contribution in [2.24, 2.45) is 0 Å². The van der Waals surface area contributed by atoms with E-state index in [4.69, 9.17) is 12.6 Å². The number of benzene rings is 1. The fourth-order valence-electron chi connectivity index (χ4n) is 0.848. The highest BCUT2D eigenvalue weighted by molar-refractivity contribution is 6.08. The van der Waals surface area contributed by atoms with E-state index in [1.807, 2.05) is 30.3 Å². The lowest BCUT2D eigenvalue weighted by Crippen LogP contribution is -1.93. The summed E-state index contributed by atoms with van der Waals surface area (Å²) in [5, 5.41) is 0. The van der Waals surface area contributed by atoms with Crippen LogP contribution in [0.5, 0.6) is 0 Å². The van der Waals surface area contributed by atoms with E-state index in [-0.39, 0.29) is 0 Å². The van der Waals surface area contributed by atoms with E-state index >= 15 is 0 Å². The molecule has 0 unspecified atom stereocenters. The van der Waals surface area contributed by atoms with Gasteiger partial charge in [0.2, 0.25) is 0 Å². The van der Waals surface area contributed by atoms with Crippen molar-refractivity contribution in [3.8, 4) is 0 Å². The van der Waals surface area contributed by atoms with Crippen molar-refractivity contribution in [1.82, 2.24) is 0 Å². The normalized spacial score (nSPS) is 9.82. The van der Waals surface area contributed by atoms with Crippen molar-refractivity contribution >= 4 is 7.85 Å². The molecule has 11 heavy (non-hydrogen) atoms. The molecule has 0 spiro atoms. The summed E-state index contributed by atoms with van der Waals surface area (Å²) < 4.78 is 5.24. The van der Waals surface area contributed by atoms with Gasteiger partial charge in [-0.3, -0.25) is 0 Å². The molecule has 0 aromatic heterocycles. The molecule has 2 radical (unpaired) electrons. The molecule has 0 saturated heterocycles. The summed E-state index contributed by atoms with van der Waals surface area (Å²) >= 11 is 0. The first kappa shape index (κ1) is 8.34. The van der Waals surface area contributed by atoms with Gasteiger partial charge in [-0.15, -0.1) is 0 Å². The highest BCUT2D eigenvalue weighted by atomic mass is 16.5. The lowest BCUT2D eigenvalue weighted by atomic mass is 10.1. The van der Waals surface area contributed by atoms with Gasteiger partial charge >= 0.3 is 0 Å². The molecular formula is C9H11BO. The first-order valence-electron chi connectivity index (χ1n) is 3.75. The first-order chi connectivity index (χ1) is 5.43. The molecule has 0 amide bonds. The van der Waals surface area contributed by atoms with Gasteiger partial charge in [0.05, 0.1) is 14.5 Å². The minimum Gasteiger partial charge on any atom is -0.378 e. The van der Waals surface area contributed by atoms with Crippen LogP contribution in [0.2, 0.25) is 6.32 Å². The third-order valence-electron chi connectivity index (χ3n) is 1.37. The van der Waals surface area contributed by atoms with Crippen LogP contribution >= 0.6 is 0 Å². The molecule has 1 aromatic carbocycles. The standard InChI is InChI=1S/C9H11BO/c10-6-7-11-8-9-4-2-1-3-5-9/h1-5H,6-8H2. The van der Waals surface area contributed by atoms with E-state index in [0.717, 1.165) is 0 Å². The Labute approximate surface area is 68.8 Å². The van der Waals surface area contributed by atoms with Gasteiger partial charge < -0.3 is 4.74 Å². The van der Waals surface area contributed by atoms with E-state index in [9.17, 15) is 0 Å². The summed E-state index contributed by atoms with van der Waals surface area (Å²) in [6.45, 7) is 1.30. The second-order valence-electron chi connectivity index (χ2n) is 2.33. The maximum absolute atomic E-state index is 5.27. The maximum Gasteiger partial charge on any atom is 0.0716 e.